The summed E-state index contributed by atoms with van der Waals surface area (Å²) in [5.74, 6) is 1.61. The maximum atomic E-state index is 13.4. The molecule has 1 saturated carbocycles. The van der Waals surface area contributed by atoms with Gasteiger partial charge in [-0.3, -0.25) is 0 Å². The highest BCUT2D eigenvalue weighted by molar-refractivity contribution is 5.52. The molecule has 0 radical (unpaired) electrons. The van der Waals surface area contributed by atoms with Gasteiger partial charge in [0.05, 0.1) is 20.3 Å². The summed E-state index contributed by atoms with van der Waals surface area (Å²) in [6.45, 7) is 0. The van der Waals surface area contributed by atoms with Gasteiger partial charge in [0.1, 0.15) is 11.9 Å². The first-order chi connectivity index (χ1) is 12.2. The van der Waals surface area contributed by atoms with Gasteiger partial charge in [-0.15, -0.1) is 0 Å². The fraction of sp³-hybridized carbons (Fsp3) is 0.429. The Balaban J connectivity index is 1.85. The number of methoxy groups -OCH3 is 2. The fourth-order valence-corrected chi connectivity index (χ4v) is 4.22. The van der Waals surface area contributed by atoms with E-state index in [1.165, 1.54) is 30.5 Å². The Bertz CT molecular complexity index is 756. The summed E-state index contributed by atoms with van der Waals surface area (Å²) in [6, 6.07) is 10.7. The molecule has 0 saturated heterocycles. The summed E-state index contributed by atoms with van der Waals surface area (Å²) in [7, 11) is 3.31. The summed E-state index contributed by atoms with van der Waals surface area (Å²) in [4.78, 5) is 0. The largest absolute Gasteiger partial charge is 0.493 e. The molecule has 132 valence electrons. The van der Waals surface area contributed by atoms with Crippen LogP contribution in [0.2, 0.25) is 0 Å². The lowest BCUT2D eigenvalue weighted by Gasteiger charge is -2.41. The molecule has 1 heterocycles. The van der Waals surface area contributed by atoms with Crippen molar-refractivity contribution < 1.29 is 18.6 Å². The molecule has 1 fully saturated rings. The number of fused-ring (bicyclic) bond motifs is 3. The number of benzene rings is 2. The summed E-state index contributed by atoms with van der Waals surface area (Å²) in [5, 5.41) is 0. The number of halogens is 1. The molecule has 4 rings (SSSR count). The third kappa shape index (κ3) is 2.89. The van der Waals surface area contributed by atoms with E-state index in [0.29, 0.717) is 11.7 Å². The lowest BCUT2D eigenvalue weighted by Crippen LogP contribution is -2.33. The van der Waals surface area contributed by atoms with Crippen LogP contribution in [0.4, 0.5) is 4.39 Å². The van der Waals surface area contributed by atoms with Gasteiger partial charge < -0.3 is 14.2 Å². The fourth-order valence-electron chi connectivity index (χ4n) is 4.22. The smallest absolute Gasteiger partial charge is 0.161 e. The van der Waals surface area contributed by atoms with Gasteiger partial charge in [0.15, 0.2) is 11.5 Å². The second-order valence-electron chi connectivity index (χ2n) is 6.83. The van der Waals surface area contributed by atoms with Crippen LogP contribution in [0.5, 0.6) is 11.5 Å². The van der Waals surface area contributed by atoms with Crippen LogP contribution in [0.1, 0.15) is 54.4 Å². The Labute approximate surface area is 147 Å². The Morgan fingerprint density at radius 3 is 2.24 bits per heavy atom. The van der Waals surface area contributed by atoms with E-state index >= 15 is 0 Å². The standard InChI is InChI=1S/C21H23FO3/c1-23-19-11-16-15-5-3-4-6-18(15)25-21(17(16)12-20(19)24-2)13-7-9-14(22)10-8-13/h7-12,15,18,21H,3-6H2,1-2H3/t15-,18-,21-/m1/s1. The second-order valence-corrected chi connectivity index (χ2v) is 6.83. The minimum Gasteiger partial charge on any atom is -0.493 e. The summed E-state index contributed by atoms with van der Waals surface area (Å²) in [6.07, 6.45) is 4.61. The third-order valence-corrected chi connectivity index (χ3v) is 5.46. The molecule has 3 atom stereocenters. The van der Waals surface area contributed by atoms with E-state index < -0.39 is 0 Å². The monoisotopic (exact) mass is 342 g/mol. The topological polar surface area (TPSA) is 27.7 Å². The quantitative estimate of drug-likeness (QED) is 0.786. The molecule has 4 heteroatoms. The van der Waals surface area contributed by atoms with Crippen LogP contribution in [-0.4, -0.2) is 20.3 Å². The van der Waals surface area contributed by atoms with Crippen LogP contribution >= 0.6 is 0 Å². The van der Waals surface area contributed by atoms with Crippen molar-refractivity contribution in [2.75, 3.05) is 14.2 Å². The molecular formula is C21H23FO3. The van der Waals surface area contributed by atoms with E-state index in [1.54, 1.807) is 14.2 Å². The molecule has 1 aliphatic heterocycles. The maximum absolute atomic E-state index is 13.4. The molecule has 0 aromatic heterocycles. The lowest BCUT2D eigenvalue weighted by molar-refractivity contribution is -0.0391. The van der Waals surface area contributed by atoms with Crippen molar-refractivity contribution >= 4 is 0 Å². The van der Waals surface area contributed by atoms with Gasteiger partial charge in [0.2, 0.25) is 0 Å². The minimum atomic E-state index is -0.234. The Morgan fingerprint density at radius 2 is 1.56 bits per heavy atom. The molecule has 0 bridgehead atoms. The van der Waals surface area contributed by atoms with Crippen molar-refractivity contribution in [2.45, 2.75) is 43.8 Å². The highest BCUT2D eigenvalue weighted by Crippen LogP contribution is 2.49. The van der Waals surface area contributed by atoms with Gasteiger partial charge in [-0.25, -0.2) is 4.39 Å². The van der Waals surface area contributed by atoms with Gasteiger partial charge in [0, 0.05) is 5.92 Å². The highest BCUT2D eigenvalue weighted by Gasteiger charge is 2.38. The van der Waals surface area contributed by atoms with Gasteiger partial charge in [-0.2, -0.15) is 0 Å². The molecule has 2 aromatic rings. The summed E-state index contributed by atoms with van der Waals surface area (Å²) < 4.78 is 30.9. The Hall–Kier alpha value is -2.07. The average molecular weight is 342 g/mol. The third-order valence-electron chi connectivity index (χ3n) is 5.46. The maximum Gasteiger partial charge on any atom is 0.161 e. The van der Waals surface area contributed by atoms with Gasteiger partial charge in [-0.05, 0) is 53.8 Å². The predicted molar refractivity (Wildman–Crippen MR) is 93.9 cm³/mol. The van der Waals surface area contributed by atoms with Crippen molar-refractivity contribution in [1.82, 2.24) is 0 Å². The van der Waals surface area contributed by atoms with E-state index in [0.717, 1.165) is 29.7 Å². The van der Waals surface area contributed by atoms with Crippen molar-refractivity contribution in [3.8, 4) is 11.5 Å². The van der Waals surface area contributed by atoms with Crippen molar-refractivity contribution in [3.05, 3.63) is 58.9 Å². The number of hydrogen-bond donors (Lipinski definition) is 0. The normalized spacial score (nSPS) is 25.0. The highest BCUT2D eigenvalue weighted by atomic mass is 19.1. The predicted octanol–water partition coefficient (Wildman–Crippen LogP) is 4.99. The zero-order valence-electron chi connectivity index (χ0n) is 14.6. The van der Waals surface area contributed by atoms with Crippen LogP contribution < -0.4 is 9.47 Å². The molecule has 2 aromatic carbocycles. The Kier molecular flexibility index (Phi) is 4.38. The molecule has 3 nitrogen and oxygen atoms in total. The minimum absolute atomic E-state index is 0.199. The number of rotatable bonds is 3. The second kappa shape index (κ2) is 6.68. The van der Waals surface area contributed by atoms with E-state index in [4.69, 9.17) is 14.2 Å². The van der Waals surface area contributed by atoms with Crippen molar-refractivity contribution in [3.63, 3.8) is 0 Å². The van der Waals surface area contributed by atoms with Gasteiger partial charge >= 0.3 is 0 Å². The van der Waals surface area contributed by atoms with Crippen LogP contribution in [-0.2, 0) is 4.74 Å². The SMILES string of the molecule is COc1cc2c(cc1OC)[C@H]1CCCC[C@H]1O[C@@H]2c1ccc(F)cc1. The summed E-state index contributed by atoms with van der Waals surface area (Å²) >= 11 is 0. The van der Waals surface area contributed by atoms with Crippen molar-refractivity contribution in [2.24, 2.45) is 0 Å². The van der Waals surface area contributed by atoms with Crippen LogP contribution in [0.3, 0.4) is 0 Å². The molecule has 25 heavy (non-hydrogen) atoms. The first-order valence-electron chi connectivity index (χ1n) is 8.88. The molecule has 0 unspecified atom stereocenters. The van der Waals surface area contributed by atoms with Crippen LogP contribution in [0, 0.1) is 5.82 Å². The first kappa shape index (κ1) is 16.4. The van der Waals surface area contributed by atoms with E-state index in [9.17, 15) is 4.39 Å². The molecule has 0 N–H and O–H groups in total. The van der Waals surface area contributed by atoms with E-state index in [2.05, 4.69) is 6.07 Å². The van der Waals surface area contributed by atoms with Crippen molar-refractivity contribution in [1.29, 1.82) is 0 Å². The molecule has 0 amide bonds. The molecular weight excluding hydrogens is 319 g/mol. The van der Waals surface area contributed by atoms with E-state index in [1.807, 2.05) is 18.2 Å². The Morgan fingerprint density at radius 1 is 0.920 bits per heavy atom. The van der Waals surface area contributed by atoms with E-state index in [-0.39, 0.29) is 18.0 Å². The number of ether oxygens (including phenoxy) is 3. The van der Waals surface area contributed by atoms with Gasteiger partial charge in [-0.1, -0.05) is 25.0 Å². The lowest BCUT2D eigenvalue weighted by atomic mass is 9.76. The average Bonchev–Trinajstić information content (AvgIpc) is 2.67. The molecule has 1 aliphatic carbocycles. The zero-order chi connectivity index (χ0) is 17.4. The number of hydrogen-bond acceptors (Lipinski definition) is 3. The molecule has 0 spiro atoms. The van der Waals surface area contributed by atoms with Gasteiger partial charge in [0.25, 0.3) is 0 Å². The first-order valence-corrected chi connectivity index (χ1v) is 8.88. The molecule has 2 aliphatic rings. The zero-order valence-corrected chi connectivity index (χ0v) is 14.6. The summed E-state index contributed by atoms with van der Waals surface area (Å²) in [5.41, 5.74) is 3.36. The van der Waals surface area contributed by atoms with Crippen LogP contribution in [0.25, 0.3) is 0 Å². The van der Waals surface area contributed by atoms with Crippen LogP contribution in [0.15, 0.2) is 36.4 Å².